The Morgan fingerprint density at radius 1 is 1.09 bits per heavy atom. The topological polar surface area (TPSA) is 130 Å². The molecule has 9 nitrogen and oxygen atoms in total. The molecule has 1 amide bonds. The second-order valence-electron chi connectivity index (χ2n) is 7.75. The van der Waals surface area contributed by atoms with Gasteiger partial charge in [0.05, 0.1) is 6.54 Å². The van der Waals surface area contributed by atoms with Crippen molar-refractivity contribution in [3.63, 3.8) is 0 Å². The Bertz CT molecular complexity index is 1390. The number of rotatable bonds is 7. The molecule has 3 N–H and O–H groups in total. The number of carbonyl (C=O) groups excluding carboxylic acids is 1. The molecular weight excluding hydrogens is 448 g/mol. The standard InChI is InChI=1S/C26H22N4O5/c1-17(31)25-27-12-13-30(25)16-22-14-23(35-29-22)20-8-4-18(5-9-20)2-3-19-6-10-21(11-7-19)26(34)28-15-24(32)33/h4-14,17,31H,15-16H2,1H3,(H,28,34)(H,32,33)/t17-/m0/s1. The lowest BCUT2D eigenvalue weighted by molar-refractivity contribution is -0.135. The Morgan fingerprint density at radius 3 is 2.37 bits per heavy atom. The number of aliphatic hydroxyl groups is 1. The normalized spacial score (nSPS) is 11.4. The number of hydrogen-bond acceptors (Lipinski definition) is 6. The molecule has 9 heteroatoms. The maximum Gasteiger partial charge on any atom is 0.322 e. The second kappa shape index (κ2) is 10.5. The number of aliphatic hydroxyl groups excluding tert-OH is 1. The molecule has 0 radical (unpaired) electrons. The summed E-state index contributed by atoms with van der Waals surface area (Å²) in [6.45, 7) is 1.67. The van der Waals surface area contributed by atoms with Crippen LogP contribution in [0.2, 0.25) is 0 Å². The van der Waals surface area contributed by atoms with Crippen molar-refractivity contribution in [3.05, 3.63) is 95.2 Å². The highest BCUT2D eigenvalue weighted by atomic mass is 16.5. The SMILES string of the molecule is C[C@H](O)c1nccn1Cc1cc(-c2ccc(C#Cc3ccc(C(=O)NCC(=O)O)cc3)cc2)on1. The van der Waals surface area contributed by atoms with Crippen LogP contribution in [0.3, 0.4) is 0 Å². The lowest BCUT2D eigenvalue weighted by Crippen LogP contribution is -2.29. The molecule has 4 rings (SSSR count). The fourth-order valence-corrected chi connectivity index (χ4v) is 3.34. The zero-order valence-corrected chi connectivity index (χ0v) is 18.8. The van der Waals surface area contributed by atoms with E-state index in [-0.39, 0.29) is 0 Å². The lowest BCUT2D eigenvalue weighted by atomic mass is 10.1. The van der Waals surface area contributed by atoms with E-state index in [0.29, 0.717) is 29.4 Å². The van der Waals surface area contributed by atoms with Crippen molar-refractivity contribution in [1.82, 2.24) is 20.0 Å². The van der Waals surface area contributed by atoms with Crippen LogP contribution in [0.1, 0.15) is 46.0 Å². The Morgan fingerprint density at radius 2 is 1.74 bits per heavy atom. The predicted molar refractivity (Wildman–Crippen MR) is 126 cm³/mol. The van der Waals surface area contributed by atoms with Crippen molar-refractivity contribution in [2.24, 2.45) is 0 Å². The molecule has 0 aliphatic heterocycles. The maximum atomic E-state index is 11.9. The summed E-state index contributed by atoms with van der Waals surface area (Å²) in [5.41, 5.74) is 3.45. The van der Waals surface area contributed by atoms with Gasteiger partial charge in [-0.25, -0.2) is 4.98 Å². The van der Waals surface area contributed by atoms with Crippen molar-refractivity contribution in [2.75, 3.05) is 6.54 Å². The summed E-state index contributed by atoms with van der Waals surface area (Å²) in [7, 11) is 0. The summed E-state index contributed by atoms with van der Waals surface area (Å²) >= 11 is 0. The van der Waals surface area contributed by atoms with Gasteiger partial charge in [-0.05, 0) is 55.5 Å². The average Bonchev–Trinajstić information content (AvgIpc) is 3.52. The van der Waals surface area contributed by atoms with Crippen LogP contribution in [-0.4, -0.2) is 43.3 Å². The fraction of sp³-hybridized carbons (Fsp3) is 0.154. The highest BCUT2D eigenvalue weighted by Gasteiger charge is 2.12. The Balaban J connectivity index is 1.39. The number of carboxylic acid groups (broad SMARTS) is 1. The Hall–Kier alpha value is -4.68. The van der Waals surface area contributed by atoms with Crippen LogP contribution < -0.4 is 5.32 Å². The Labute approximate surface area is 201 Å². The van der Waals surface area contributed by atoms with Gasteiger partial charge in [0.1, 0.15) is 24.2 Å². The summed E-state index contributed by atoms with van der Waals surface area (Å²) in [4.78, 5) is 26.6. The first kappa shape index (κ1) is 23.5. The third-order valence-corrected chi connectivity index (χ3v) is 5.08. The van der Waals surface area contributed by atoms with E-state index >= 15 is 0 Å². The van der Waals surface area contributed by atoms with Crippen LogP contribution in [0.25, 0.3) is 11.3 Å². The number of carbonyl (C=O) groups is 2. The molecule has 0 unspecified atom stereocenters. The number of nitrogens with zero attached hydrogens (tertiary/aromatic N) is 3. The number of hydrogen-bond donors (Lipinski definition) is 3. The minimum atomic E-state index is -1.10. The van der Waals surface area contributed by atoms with Crippen LogP contribution in [0, 0.1) is 11.8 Å². The molecule has 0 saturated heterocycles. The van der Waals surface area contributed by atoms with Crippen molar-refractivity contribution in [1.29, 1.82) is 0 Å². The van der Waals surface area contributed by atoms with Crippen molar-refractivity contribution >= 4 is 11.9 Å². The van der Waals surface area contributed by atoms with E-state index < -0.39 is 24.5 Å². The molecule has 2 aromatic heterocycles. The zero-order valence-electron chi connectivity index (χ0n) is 18.8. The minimum absolute atomic E-state index is 0.364. The summed E-state index contributed by atoms with van der Waals surface area (Å²) in [5.74, 6) is 5.74. The summed E-state index contributed by atoms with van der Waals surface area (Å²) in [6.07, 6.45) is 2.74. The smallest absolute Gasteiger partial charge is 0.322 e. The minimum Gasteiger partial charge on any atom is -0.480 e. The lowest BCUT2D eigenvalue weighted by Gasteiger charge is -2.07. The molecule has 0 spiro atoms. The van der Waals surface area contributed by atoms with Crippen LogP contribution in [0.15, 0.2) is 71.5 Å². The molecule has 0 bridgehead atoms. The molecule has 4 aromatic rings. The predicted octanol–water partition coefficient (Wildman–Crippen LogP) is 2.85. The molecule has 0 saturated carbocycles. The first-order chi connectivity index (χ1) is 16.9. The van der Waals surface area contributed by atoms with Crippen molar-refractivity contribution in [3.8, 4) is 23.2 Å². The summed E-state index contributed by atoms with van der Waals surface area (Å²) in [6, 6.07) is 16.0. The highest BCUT2D eigenvalue weighted by Crippen LogP contribution is 2.22. The number of aromatic nitrogens is 3. The summed E-state index contributed by atoms with van der Waals surface area (Å²) in [5, 5.41) is 24.9. The third kappa shape index (κ3) is 6.01. The van der Waals surface area contributed by atoms with E-state index in [4.69, 9.17) is 9.63 Å². The molecule has 1 atom stereocenters. The van der Waals surface area contributed by atoms with Crippen LogP contribution >= 0.6 is 0 Å². The molecule has 0 fully saturated rings. The number of nitrogens with one attached hydrogen (secondary N) is 1. The molecule has 0 aliphatic rings. The van der Waals surface area contributed by atoms with Gasteiger partial charge in [-0.1, -0.05) is 17.0 Å². The van der Waals surface area contributed by atoms with Gasteiger partial charge in [-0.2, -0.15) is 0 Å². The van der Waals surface area contributed by atoms with E-state index in [2.05, 4.69) is 27.3 Å². The van der Waals surface area contributed by atoms with Crippen LogP contribution in [0.4, 0.5) is 0 Å². The third-order valence-electron chi connectivity index (χ3n) is 5.08. The zero-order chi connectivity index (χ0) is 24.8. The first-order valence-corrected chi connectivity index (χ1v) is 10.8. The molecule has 176 valence electrons. The van der Waals surface area contributed by atoms with Gasteiger partial charge < -0.3 is 24.6 Å². The van der Waals surface area contributed by atoms with E-state index in [1.807, 2.05) is 34.9 Å². The number of aliphatic carboxylic acids is 1. The number of carboxylic acids is 1. The Kier molecular flexibility index (Phi) is 7.04. The van der Waals surface area contributed by atoms with Gasteiger partial charge in [-0.15, -0.1) is 0 Å². The quantitative estimate of drug-likeness (QED) is 0.354. The van der Waals surface area contributed by atoms with Crippen LogP contribution in [-0.2, 0) is 11.3 Å². The van der Waals surface area contributed by atoms with E-state index in [1.165, 1.54) is 0 Å². The van der Waals surface area contributed by atoms with Gasteiger partial charge in [0.25, 0.3) is 5.91 Å². The fourth-order valence-electron chi connectivity index (χ4n) is 3.34. The second-order valence-corrected chi connectivity index (χ2v) is 7.75. The first-order valence-electron chi connectivity index (χ1n) is 10.8. The van der Waals surface area contributed by atoms with E-state index in [0.717, 1.165) is 16.7 Å². The van der Waals surface area contributed by atoms with E-state index in [1.54, 1.807) is 43.6 Å². The van der Waals surface area contributed by atoms with Crippen molar-refractivity contribution < 1.29 is 24.3 Å². The largest absolute Gasteiger partial charge is 0.480 e. The molecule has 2 aromatic carbocycles. The van der Waals surface area contributed by atoms with E-state index in [9.17, 15) is 14.7 Å². The number of benzene rings is 2. The summed E-state index contributed by atoms with van der Waals surface area (Å²) < 4.78 is 7.30. The van der Waals surface area contributed by atoms with Gasteiger partial charge in [0, 0.05) is 40.7 Å². The average molecular weight is 470 g/mol. The molecule has 35 heavy (non-hydrogen) atoms. The van der Waals surface area contributed by atoms with Gasteiger partial charge in [0.15, 0.2) is 5.76 Å². The maximum absolute atomic E-state index is 11.9. The van der Waals surface area contributed by atoms with Gasteiger partial charge in [0.2, 0.25) is 0 Å². The number of amides is 1. The number of imidazole rings is 1. The molecule has 2 heterocycles. The monoisotopic (exact) mass is 470 g/mol. The molecule has 0 aliphatic carbocycles. The van der Waals surface area contributed by atoms with Gasteiger partial charge in [-0.3, -0.25) is 9.59 Å². The molecular formula is C26H22N4O5. The van der Waals surface area contributed by atoms with Crippen LogP contribution in [0.5, 0.6) is 0 Å². The highest BCUT2D eigenvalue weighted by molar-refractivity contribution is 5.95. The van der Waals surface area contributed by atoms with Crippen molar-refractivity contribution in [2.45, 2.75) is 19.6 Å². The van der Waals surface area contributed by atoms with Gasteiger partial charge >= 0.3 is 5.97 Å².